The van der Waals surface area contributed by atoms with Gasteiger partial charge < -0.3 is 9.84 Å². The van der Waals surface area contributed by atoms with Gasteiger partial charge >= 0.3 is 0 Å². The van der Waals surface area contributed by atoms with E-state index < -0.39 is 0 Å². The number of hydrogen-bond acceptors (Lipinski definition) is 3. The summed E-state index contributed by atoms with van der Waals surface area (Å²) >= 11 is 5.15. The Morgan fingerprint density at radius 3 is 3.00 bits per heavy atom. The van der Waals surface area contributed by atoms with E-state index in [1.807, 2.05) is 6.07 Å². The molecule has 0 radical (unpaired) electrons. The van der Waals surface area contributed by atoms with Crippen molar-refractivity contribution in [1.82, 2.24) is 0 Å². The van der Waals surface area contributed by atoms with Crippen molar-refractivity contribution < 1.29 is 9.84 Å². The third-order valence-corrected chi connectivity index (χ3v) is 4.88. The quantitative estimate of drug-likeness (QED) is 0.923. The van der Waals surface area contributed by atoms with Crippen LogP contribution >= 0.6 is 27.3 Å². The van der Waals surface area contributed by atoms with E-state index in [4.69, 9.17) is 4.74 Å². The first-order valence-electron chi connectivity index (χ1n) is 5.69. The normalized spacial score (nSPS) is 27.2. The van der Waals surface area contributed by atoms with Crippen molar-refractivity contribution in [3.63, 3.8) is 0 Å². The smallest absolute Gasteiger partial charge is 0.0854 e. The van der Waals surface area contributed by atoms with Gasteiger partial charge in [0.2, 0.25) is 0 Å². The number of halogens is 1. The Morgan fingerprint density at radius 2 is 2.44 bits per heavy atom. The fraction of sp³-hybridized carbons (Fsp3) is 0.667. The molecular formula is C12H17BrO2S. The average Bonchev–Trinajstić information content (AvgIpc) is 2.83. The van der Waals surface area contributed by atoms with E-state index in [0.29, 0.717) is 0 Å². The molecule has 1 aliphatic rings. The topological polar surface area (TPSA) is 29.5 Å². The second-order valence-electron chi connectivity index (χ2n) is 4.28. The van der Waals surface area contributed by atoms with Gasteiger partial charge in [0.1, 0.15) is 0 Å². The first kappa shape index (κ1) is 12.6. The Bertz CT molecular complexity index is 364. The first-order valence-corrected chi connectivity index (χ1v) is 7.30. The SMILES string of the molecule is CCC1OCCC1C(O)c1cc(Br)sc1C. The van der Waals surface area contributed by atoms with Gasteiger partial charge in [0, 0.05) is 17.4 Å². The second-order valence-corrected chi connectivity index (χ2v) is 6.91. The van der Waals surface area contributed by atoms with Crippen LogP contribution in [0, 0.1) is 12.8 Å². The summed E-state index contributed by atoms with van der Waals surface area (Å²) in [5.74, 6) is 0.255. The minimum Gasteiger partial charge on any atom is -0.388 e. The van der Waals surface area contributed by atoms with Crippen LogP contribution in [-0.4, -0.2) is 17.8 Å². The molecule has 3 unspecified atom stereocenters. The van der Waals surface area contributed by atoms with E-state index in [-0.39, 0.29) is 18.1 Å². The summed E-state index contributed by atoms with van der Waals surface area (Å²) < 4.78 is 6.72. The number of rotatable bonds is 3. The predicted molar refractivity (Wildman–Crippen MR) is 69.9 cm³/mol. The molecule has 1 aromatic heterocycles. The van der Waals surface area contributed by atoms with Crippen molar-refractivity contribution >= 4 is 27.3 Å². The Kier molecular flexibility index (Phi) is 4.06. The molecule has 1 N–H and O–H groups in total. The van der Waals surface area contributed by atoms with E-state index in [9.17, 15) is 5.11 Å². The summed E-state index contributed by atoms with van der Waals surface area (Å²) in [6.07, 6.45) is 1.78. The lowest BCUT2D eigenvalue weighted by molar-refractivity contribution is 0.0307. The number of aryl methyl sites for hydroxylation is 1. The number of hydrogen-bond donors (Lipinski definition) is 1. The van der Waals surface area contributed by atoms with Crippen LogP contribution in [0.25, 0.3) is 0 Å². The Balaban J connectivity index is 2.18. The number of thiophene rings is 1. The van der Waals surface area contributed by atoms with E-state index in [1.54, 1.807) is 11.3 Å². The monoisotopic (exact) mass is 304 g/mol. The molecular weight excluding hydrogens is 288 g/mol. The summed E-state index contributed by atoms with van der Waals surface area (Å²) in [6, 6.07) is 2.04. The van der Waals surface area contributed by atoms with Crippen LogP contribution in [0.1, 0.15) is 36.3 Å². The molecule has 0 bridgehead atoms. The van der Waals surface area contributed by atoms with Gasteiger partial charge in [-0.15, -0.1) is 11.3 Å². The minimum absolute atomic E-state index is 0.216. The molecule has 2 rings (SSSR count). The molecule has 2 heterocycles. The minimum atomic E-state index is -0.380. The van der Waals surface area contributed by atoms with Gasteiger partial charge in [-0.25, -0.2) is 0 Å². The van der Waals surface area contributed by atoms with Gasteiger partial charge in [-0.1, -0.05) is 6.92 Å². The number of aliphatic hydroxyl groups is 1. The van der Waals surface area contributed by atoms with Gasteiger partial charge in [0.05, 0.1) is 16.0 Å². The highest BCUT2D eigenvalue weighted by Crippen LogP contribution is 2.39. The fourth-order valence-corrected chi connectivity index (χ4v) is 4.18. The van der Waals surface area contributed by atoms with Gasteiger partial charge in [-0.2, -0.15) is 0 Å². The molecule has 4 heteroatoms. The lowest BCUT2D eigenvalue weighted by Gasteiger charge is -2.22. The largest absolute Gasteiger partial charge is 0.388 e. The van der Waals surface area contributed by atoms with Crippen molar-refractivity contribution in [2.45, 2.75) is 38.9 Å². The zero-order valence-corrected chi connectivity index (χ0v) is 12.0. The van der Waals surface area contributed by atoms with Crippen molar-refractivity contribution in [1.29, 1.82) is 0 Å². The maximum absolute atomic E-state index is 10.4. The maximum atomic E-state index is 10.4. The average molecular weight is 305 g/mol. The van der Waals surface area contributed by atoms with Crippen LogP contribution in [-0.2, 0) is 4.74 Å². The van der Waals surface area contributed by atoms with Crippen LogP contribution in [0.5, 0.6) is 0 Å². The summed E-state index contributed by atoms with van der Waals surface area (Å²) in [7, 11) is 0. The molecule has 0 aromatic carbocycles. The zero-order valence-electron chi connectivity index (χ0n) is 9.57. The van der Waals surface area contributed by atoms with Crippen LogP contribution in [0.3, 0.4) is 0 Å². The number of aliphatic hydroxyl groups excluding tert-OH is 1. The summed E-state index contributed by atoms with van der Waals surface area (Å²) in [4.78, 5) is 1.20. The molecule has 0 spiro atoms. The molecule has 0 amide bonds. The van der Waals surface area contributed by atoms with Gasteiger partial charge in [-0.3, -0.25) is 0 Å². The van der Waals surface area contributed by atoms with E-state index in [1.165, 1.54) is 4.88 Å². The molecule has 16 heavy (non-hydrogen) atoms. The molecule has 0 saturated carbocycles. The van der Waals surface area contributed by atoms with E-state index in [2.05, 4.69) is 29.8 Å². The lowest BCUT2D eigenvalue weighted by atomic mass is 9.89. The second kappa shape index (κ2) is 5.17. The van der Waals surface area contributed by atoms with Crippen molar-refractivity contribution in [3.8, 4) is 0 Å². The predicted octanol–water partition coefficient (Wildman–Crippen LogP) is 3.67. The van der Waals surface area contributed by atoms with Crippen molar-refractivity contribution in [2.24, 2.45) is 5.92 Å². The Hall–Kier alpha value is 0.1000. The molecule has 2 nitrogen and oxygen atoms in total. The molecule has 0 aliphatic carbocycles. The zero-order chi connectivity index (χ0) is 11.7. The highest BCUT2D eigenvalue weighted by Gasteiger charge is 2.34. The maximum Gasteiger partial charge on any atom is 0.0854 e. The Morgan fingerprint density at radius 1 is 1.69 bits per heavy atom. The fourth-order valence-electron chi connectivity index (χ4n) is 2.43. The molecule has 1 saturated heterocycles. The van der Waals surface area contributed by atoms with E-state index in [0.717, 1.165) is 28.8 Å². The van der Waals surface area contributed by atoms with E-state index >= 15 is 0 Å². The summed E-state index contributed by atoms with van der Waals surface area (Å²) in [5.41, 5.74) is 1.06. The summed E-state index contributed by atoms with van der Waals surface area (Å²) in [6.45, 7) is 4.96. The molecule has 1 aromatic rings. The molecule has 1 fully saturated rings. The van der Waals surface area contributed by atoms with Gasteiger partial charge in [0.25, 0.3) is 0 Å². The highest BCUT2D eigenvalue weighted by molar-refractivity contribution is 9.11. The van der Waals surface area contributed by atoms with Crippen LogP contribution in [0.15, 0.2) is 9.85 Å². The van der Waals surface area contributed by atoms with Gasteiger partial charge in [0.15, 0.2) is 0 Å². The standard InChI is InChI=1S/C12H17BrO2S/c1-3-10-8(4-5-15-10)12(14)9-6-11(13)16-7(9)2/h6,8,10,12,14H,3-5H2,1-2H3. The summed E-state index contributed by atoms with van der Waals surface area (Å²) in [5, 5.41) is 10.4. The van der Waals surface area contributed by atoms with Crippen LogP contribution in [0.2, 0.25) is 0 Å². The third kappa shape index (κ3) is 2.35. The van der Waals surface area contributed by atoms with Crippen molar-refractivity contribution in [2.75, 3.05) is 6.61 Å². The van der Waals surface area contributed by atoms with Crippen LogP contribution in [0.4, 0.5) is 0 Å². The lowest BCUT2D eigenvalue weighted by Crippen LogP contribution is -2.22. The molecule has 90 valence electrons. The molecule has 3 atom stereocenters. The van der Waals surface area contributed by atoms with Gasteiger partial charge in [-0.05, 0) is 47.3 Å². The van der Waals surface area contributed by atoms with Crippen molar-refractivity contribution in [3.05, 3.63) is 20.3 Å². The Labute approximate surface area is 109 Å². The van der Waals surface area contributed by atoms with Crippen LogP contribution < -0.4 is 0 Å². The molecule has 1 aliphatic heterocycles. The highest BCUT2D eigenvalue weighted by atomic mass is 79.9. The number of ether oxygens (including phenoxy) is 1. The third-order valence-electron chi connectivity index (χ3n) is 3.31. The first-order chi connectivity index (χ1) is 7.63.